The van der Waals surface area contributed by atoms with Gasteiger partial charge in [-0.25, -0.2) is 19.2 Å². The highest BCUT2D eigenvalue weighted by atomic mass is 19.1. The summed E-state index contributed by atoms with van der Waals surface area (Å²) in [6.07, 6.45) is 4.67. The molecule has 4 aromatic heterocycles. The zero-order valence-corrected chi connectivity index (χ0v) is 22.7. The second-order valence-electron chi connectivity index (χ2n) is 10.7. The number of likely N-dealkylation sites (N-methyl/N-ethyl adjacent to an activating group) is 1. The van der Waals surface area contributed by atoms with Crippen molar-refractivity contribution in [2.75, 3.05) is 50.6 Å². The molecular formula is C29H28FN7O4. The molecule has 5 aromatic rings. The fourth-order valence-corrected chi connectivity index (χ4v) is 6.35. The predicted molar refractivity (Wildman–Crippen MR) is 154 cm³/mol. The average Bonchev–Trinajstić information content (AvgIpc) is 3.56. The Kier molecular flexibility index (Phi) is 5.73. The van der Waals surface area contributed by atoms with Crippen molar-refractivity contribution in [3.8, 4) is 11.1 Å². The number of carbonyl (C=O) groups is 1. The number of morpholine rings is 1. The molecule has 41 heavy (non-hydrogen) atoms. The van der Waals surface area contributed by atoms with Crippen molar-refractivity contribution < 1.29 is 19.0 Å². The zero-order valence-electron chi connectivity index (χ0n) is 22.7. The van der Waals surface area contributed by atoms with E-state index >= 15 is 0 Å². The summed E-state index contributed by atoms with van der Waals surface area (Å²) in [5.41, 5.74) is 3.51. The quantitative estimate of drug-likeness (QED) is 0.305. The molecule has 0 radical (unpaired) electrons. The summed E-state index contributed by atoms with van der Waals surface area (Å²) in [6.45, 7) is 2.78. The minimum atomic E-state index is -1.30. The number of hydrogen-bond donors (Lipinski definition) is 3. The van der Waals surface area contributed by atoms with Crippen LogP contribution in [0.2, 0.25) is 0 Å². The van der Waals surface area contributed by atoms with Gasteiger partial charge in [0.1, 0.15) is 22.7 Å². The maximum Gasteiger partial charge on any atom is 0.341 e. The van der Waals surface area contributed by atoms with E-state index in [-0.39, 0.29) is 28.9 Å². The predicted octanol–water partition coefficient (Wildman–Crippen LogP) is 3.03. The van der Waals surface area contributed by atoms with Gasteiger partial charge in [-0.2, -0.15) is 0 Å². The third kappa shape index (κ3) is 3.85. The van der Waals surface area contributed by atoms with Gasteiger partial charge in [0.2, 0.25) is 5.43 Å². The molecule has 0 spiro atoms. The molecule has 3 N–H and O–H groups in total. The van der Waals surface area contributed by atoms with E-state index in [1.165, 1.54) is 22.9 Å². The molecule has 210 valence electrons. The van der Waals surface area contributed by atoms with Crippen molar-refractivity contribution in [3.63, 3.8) is 0 Å². The lowest BCUT2D eigenvalue weighted by Gasteiger charge is -2.33. The zero-order chi connectivity index (χ0) is 28.6. The van der Waals surface area contributed by atoms with Crippen LogP contribution in [0.3, 0.4) is 0 Å². The highest BCUT2D eigenvalue weighted by Gasteiger charge is 2.40. The largest absolute Gasteiger partial charge is 0.477 e. The Morgan fingerprint density at radius 2 is 2.00 bits per heavy atom. The number of ether oxygens (including phenoxy) is 1. The molecule has 7 rings (SSSR count). The molecule has 2 aliphatic rings. The van der Waals surface area contributed by atoms with Gasteiger partial charge >= 0.3 is 5.97 Å². The molecule has 0 bridgehead atoms. The van der Waals surface area contributed by atoms with Gasteiger partial charge in [-0.05, 0) is 25.2 Å². The number of aryl methyl sites for hydroxylation is 1. The number of H-pyrrole nitrogens is 1. The van der Waals surface area contributed by atoms with Crippen molar-refractivity contribution >= 4 is 50.3 Å². The first kappa shape index (κ1) is 25.4. The summed E-state index contributed by atoms with van der Waals surface area (Å²) in [5.74, 6) is -1.68. The number of aromatic amines is 1. The second kappa shape index (κ2) is 9.25. The molecule has 1 aromatic carbocycles. The lowest BCUT2D eigenvalue weighted by molar-refractivity contribution is -0.0362. The monoisotopic (exact) mass is 557 g/mol. The molecule has 12 heteroatoms. The summed E-state index contributed by atoms with van der Waals surface area (Å²) in [5, 5.41) is 14.3. The van der Waals surface area contributed by atoms with Gasteiger partial charge in [-0.15, -0.1) is 0 Å². The number of hydrogen-bond acceptors (Lipinski definition) is 8. The van der Waals surface area contributed by atoms with Gasteiger partial charge in [0.15, 0.2) is 0 Å². The number of fused-ring (bicyclic) bond motifs is 5. The third-order valence-corrected chi connectivity index (χ3v) is 8.39. The SMILES string of the molecule is CNc1cc(F)cc2c1[nH]c1ncc(-c3cnc4c(c3)c(=O)c(C(=O)O)cn4C)c(N3C[C@@H]4OCCN(C)[C@@H]4C3)c12. The molecule has 11 nitrogen and oxygen atoms in total. The van der Waals surface area contributed by atoms with Crippen molar-refractivity contribution in [3.05, 3.63) is 58.4 Å². The molecule has 2 aliphatic heterocycles. The van der Waals surface area contributed by atoms with Gasteiger partial charge < -0.3 is 29.6 Å². The van der Waals surface area contributed by atoms with E-state index in [0.29, 0.717) is 53.2 Å². The Morgan fingerprint density at radius 3 is 2.76 bits per heavy atom. The number of carboxylic acid groups (broad SMARTS) is 1. The number of benzene rings is 1. The van der Waals surface area contributed by atoms with Crippen molar-refractivity contribution in [1.82, 2.24) is 24.4 Å². The average molecular weight is 558 g/mol. The fourth-order valence-electron chi connectivity index (χ4n) is 6.35. The second-order valence-corrected chi connectivity index (χ2v) is 10.7. The smallest absolute Gasteiger partial charge is 0.341 e. The van der Waals surface area contributed by atoms with Crippen LogP contribution in [0.5, 0.6) is 0 Å². The molecule has 6 heterocycles. The summed E-state index contributed by atoms with van der Waals surface area (Å²) in [4.78, 5) is 42.1. The molecule has 2 fully saturated rings. The van der Waals surface area contributed by atoms with E-state index in [1.54, 1.807) is 32.6 Å². The number of rotatable bonds is 4. The van der Waals surface area contributed by atoms with Gasteiger partial charge in [-0.1, -0.05) is 0 Å². The minimum absolute atomic E-state index is 0.000209. The van der Waals surface area contributed by atoms with E-state index in [2.05, 4.69) is 32.1 Å². The standard InChI is InChI=1S/C29H28FN7O4/c1-31-20-8-15(30)7-16-23-25(37-12-21-22(13-37)41-5-4-35(21)2)18(10-32-27(23)34-24(16)20)14-6-17-26(38)19(29(39)40)11-36(3)28(17)33-9-14/h6-11,21-22,31H,4-5,12-13H2,1-3H3,(H,32,34)(H,39,40)/t21-,22+/m1/s1. The number of carboxylic acids is 1. The Bertz CT molecular complexity index is 1950. The number of nitrogens with one attached hydrogen (secondary N) is 2. The first-order valence-corrected chi connectivity index (χ1v) is 13.4. The van der Waals surface area contributed by atoms with E-state index in [9.17, 15) is 19.1 Å². The summed E-state index contributed by atoms with van der Waals surface area (Å²) in [6, 6.07) is 4.79. The van der Waals surface area contributed by atoms with E-state index in [4.69, 9.17) is 9.72 Å². The maximum absolute atomic E-state index is 14.9. The lowest BCUT2D eigenvalue weighted by Crippen LogP contribution is -2.48. The lowest BCUT2D eigenvalue weighted by atomic mass is 10.0. The van der Waals surface area contributed by atoms with Crippen LogP contribution in [0.15, 0.2) is 41.6 Å². The van der Waals surface area contributed by atoms with Crippen LogP contribution in [0.4, 0.5) is 15.8 Å². The highest BCUT2D eigenvalue weighted by molar-refractivity contribution is 6.18. The van der Waals surface area contributed by atoms with Crippen LogP contribution in [-0.2, 0) is 11.8 Å². The van der Waals surface area contributed by atoms with Crippen LogP contribution in [0.25, 0.3) is 44.1 Å². The topological polar surface area (TPSA) is 129 Å². The van der Waals surface area contributed by atoms with Crippen LogP contribution in [0, 0.1) is 5.82 Å². The van der Waals surface area contributed by atoms with Crippen LogP contribution >= 0.6 is 0 Å². The van der Waals surface area contributed by atoms with Gasteiger partial charge in [-0.3, -0.25) is 9.69 Å². The number of halogens is 1. The van der Waals surface area contributed by atoms with Crippen LogP contribution in [0.1, 0.15) is 10.4 Å². The molecule has 2 saturated heterocycles. The molecule has 0 amide bonds. The number of nitrogens with zero attached hydrogens (tertiary/aromatic N) is 5. The van der Waals surface area contributed by atoms with Crippen LogP contribution in [-0.4, -0.2) is 88.0 Å². The van der Waals surface area contributed by atoms with Crippen LogP contribution < -0.4 is 15.6 Å². The summed E-state index contributed by atoms with van der Waals surface area (Å²) < 4.78 is 22.5. The number of aromatic nitrogens is 4. The molecule has 0 saturated carbocycles. The third-order valence-electron chi connectivity index (χ3n) is 8.39. The molecule has 2 atom stereocenters. The summed E-state index contributed by atoms with van der Waals surface area (Å²) >= 11 is 0. The molecular weight excluding hydrogens is 529 g/mol. The van der Waals surface area contributed by atoms with E-state index < -0.39 is 11.4 Å². The Balaban J connectivity index is 1.52. The van der Waals surface area contributed by atoms with Gasteiger partial charge in [0.05, 0.1) is 46.4 Å². The maximum atomic E-state index is 14.9. The minimum Gasteiger partial charge on any atom is -0.477 e. The van der Waals surface area contributed by atoms with Crippen molar-refractivity contribution in [2.24, 2.45) is 7.05 Å². The Labute approximate surface area is 233 Å². The Hall–Kier alpha value is -4.55. The first-order valence-electron chi connectivity index (χ1n) is 13.4. The highest BCUT2D eigenvalue weighted by Crippen LogP contribution is 2.43. The normalized spacial score (nSPS) is 19.4. The van der Waals surface area contributed by atoms with Crippen molar-refractivity contribution in [2.45, 2.75) is 12.1 Å². The van der Waals surface area contributed by atoms with Gasteiger partial charge in [0, 0.05) is 68.8 Å². The first-order chi connectivity index (χ1) is 19.7. The molecule has 0 aliphatic carbocycles. The number of aromatic carboxylic acids is 1. The summed E-state index contributed by atoms with van der Waals surface area (Å²) in [7, 11) is 5.49. The van der Waals surface area contributed by atoms with E-state index in [1.807, 2.05) is 0 Å². The van der Waals surface area contributed by atoms with Gasteiger partial charge in [0.25, 0.3) is 0 Å². The number of anilines is 2. The van der Waals surface area contributed by atoms with Crippen molar-refractivity contribution in [1.29, 1.82) is 0 Å². The fraction of sp³-hybridized carbons (Fsp3) is 0.310. The van der Waals surface area contributed by atoms with E-state index in [0.717, 1.165) is 23.1 Å². The number of pyridine rings is 3. The molecule has 0 unspecified atom stereocenters. The Morgan fingerprint density at radius 1 is 1.17 bits per heavy atom.